The smallest absolute Gasteiger partial charge is 0.258 e. The maximum atomic E-state index is 13.3. The molecule has 0 fully saturated rings. The number of hydrogen-bond donors (Lipinski definition) is 1. The van der Waals surface area contributed by atoms with Crippen LogP contribution < -0.4 is 15.0 Å². The zero-order valence-corrected chi connectivity index (χ0v) is 20.9. The number of amides is 2. The van der Waals surface area contributed by atoms with Crippen molar-refractivity contribution >= 4 is 40.7 Å². The summed E-state index contributed by atoms with van der Waals surface area (Å²) in [5.74, 6) is 1.03. The number of nitrogens with one attached hydrogen (secondary N) is 1. The molecular formula is C29H24Cl2N2O3. The number of anilines is 1. The van der Waals surface area contributed by atoms with E-state index in [0.717, 1.165) is 11.4 Å². The summed E-state index contributed by atoms with van der Waals surface area (Å²) in [4.78, 5) is 27.5. The van der Waals surface area contributed by atoms with Gasteiger partial charge >= 0.3 is 0 Å². The van der Waals surface area contributed by atoms with Gasteiger partial charge in [-0.25, -0.2) is 0 Å². The van der Waals surface area contributed by atoms with Crippen molar-refractivity contribution in [2.75, 3.05) is 18.0 Å². The van der Waals surface area contributed by atoms with Crippen molar-refractivity contribution in [1.29, 1.82) is 0 Å². The molecule has 2 amide bonds. The zero-order chi connectivity index (χ0) is 25.3. The summed E-state index contributed by atoms with van der Waals surface area (Å²) >= 11 is 11.9. The van der Waals surface area contributed by atoms with Gasteiger partial charge in [0, 0.05) is 29.9 Å². The van der Waals surface area contributed by atoms with E-state index < -0.39 is 0 Å². The highest BCUT2D eigenvalue weighted by atomic mass is 35.5. The summed E-state index contributed by atoms with van der Waals surface area (Å²) in [5, 5.41) is 3.58. The molecule has 4 rings (SSSR count). The number of rotatable bonds is 9. The minimum atomic E-state index is -0.253. The Morgan fingerprint density at radius 1 is 0.722 bits per heavy atom. The number of carbonyl (C=O) groups is 2. The first-order valence-electron chi connectivity index (χ1n) is 11.4. The molecular weight excluding hydrogens is 495 g/mol. The Kier molecular flexibility index (Phi) is 8.61. The summed E-state index contributed by atoms with van der Waals surface area (Å²) in [6.07, 6.45) is 0.550. The van der Waals surface area contributed by atoms with E-state index in [-0.39, 0.29) is 11.8 Å². The summed E-state index contributed by atoms with van der Waals surface area (Å²) in [7, 11) is 0. The van der Waals surface area contributed by atoms with Gasteiger partial charge in [0.15, 0.2) is 0 Å². The van der Waals surface area contributed by atoms with Crippen LogP contribution >= 0.6 is 23.2 Å². The van der Waals surface area contributed by atoms with Crippen molar-refractivity contribution < 1.29 is 14.3 Å². The van der Waals surface area contributed by atoms with Crippen LogP contribution in [0.4, 0.5) is 5.69 Å². The van der Waals surface area contributed by atoms with Gasteiger partial charge < -0.3 is 15.0 Å². The van der Waals surface area contributed by atoms with Crippen molar-refractivity contribution in [2.45, 2.75) is 6.42 Å². The lowest BCUT2D eigenvalue weighted by atomic mass is 10.1. The molecule has 1 N–H and O–H groups in total. The molecule has 182 valence electrons. The Hall–Kier alpha value is -3.80. The molecule has 0 saturated heterocycles. The second kappa shape index (κ2) is 12.2. The first-order valence-corrected chi connectivity index (χ1v) is 12.2. The Morgan fingerprint density at radius 2 is 1.36 bits per heavy atom. The molecule has 0 heterocycles. The molecule has 0 bridgehead atoms. The van der Waals surface area contributed by atoms with E-state index >= 15 is 0 Å². The van der Waals surface area contributed by atoms with Crippen LogP contribution in [0.15, 0.2) is 103 Å². The molecule has 0 aliphatic heterocycles. The number of para-hydroxylation sites is 1. The molecule has 0 aromatic heterocycles. The topological polar surface area (TPSA) is 58.6 Å². The number of nitrogens with zero attached hydrogens (tertiary/aromatic N) is 1. The van der Waals surface area contributed by atoms with Crippen LogP contribution in [-0.2, 0) is 0 Å². The Bertz CT molecular complexity index is 1310. The molecule has 36 heavy (non-hydrogen) atoms. The van der Waals surface area contributed by atoms with Gasteiger partial charge in [-0.3, -0.25) is 9.59 Å². The molecule has 0 aliphatic rings. The average Bonchev–Trinajstić information content (AvgIpc) is 2.91. The molecule has 0 saturated carbocycles. The average molecular weight is 519 g/mol. The summed E-state index contributed by atoms with van der Waals surface area (Å²) in [5.41, 5.74) is 1.75. The van der Waals surface area contributed by atoms with Gasteiger partial charge in [0.2, 0.25) is 0 Å². The molecule has 0 aliphatic carbocycles. The van der Waals surface area contributed by atoms with E-state index in [4.69, 9.17) is 27.9 Å². The van der Waals surface area contributed by atoms with Gasteiger partial charge in [0.1, 0.15) is 11.5 Å². The Balaban J connectivity index is 1.43. The van der Waals surface area contributed by atoms with Crippen molar-refractivity contribution in [3.8, 4) is 11.5 Å². The van der Waals surface area contributed by atoms with Crippen LogP contribution in [0.1, 0.15) is 27.1 Å². The number of hydrogen-bond acceptors (Lipinski definition) is 3. The van der Waals surface area contributed by atoms with Crippen LogP contribution in [0.2, 0.25) is 10.0 Å². The number of carbonyl (C=O) groups excluding carboxylic acids is 2. The van der Waals surface area contributed by atoms with Crippen LogP contribution in [-0.4, -0.2) is 24.9 Å². The highest BCUT2D eigenvalue weighted by Gasteiger charge is 2.18. The molecule has 0 unspecified atom stereocenters. The molecule has 5 nitrogen and oxygen atoms in total. The van der Waals surface area contributed by atoms with Crippen LogP contribution in [0.3, 0.4) is 0 Å². The largest absolute Gasteiger partial charge is 0.457 e. The Labute approximate surface area is 220 Å². The van der Waals surface area contributed by atoms with Gasteiger partial charge in [-0.2, -0.15) is 0 Å². The SMILES string of the molecule is O=C(NCCCN(C(=O)c1ccccc1)c1ccc(Oc2ccccc2)cc1)c1ccc(Cl)c(Cl)c1. The van der Waals surface area contributed by atoms with Crippen molar-refractivity contribution in [3.63, 3.8) is 0 Å². The van der Waals surface area contributed by atoms with Gasteiger partial charge in [0.25, 0.3) is 11.8 Å². The highest BCUT2D eigenvalue weighted by Crippen LogP contribution is 2.26. The quantitative estimate of drug-likeness (QED) is 0.237. The lowest BCUT2D eigenvalue weighted by Crippen LogP contribution is -2.34. The number of ether oxygens (including phenoxy) is 1. The second-order valence-electron chi connectivity index (χ2n) is 7.97. The second-order valence-corrected chi connectivity index (χ2v) is 8.78. The minimum Gasteiger partial charge on any atom is -0.457 e. The summed E-state index contributed by atoms with van der Waals surface area (Å²) < 4.78 is 5.87. The summed E-state index contributed by atoms with van der Waals surface area (Å²) in [6.45, 7) is 0.793. The standard InChI is InChI=1S/C29H24Cl2N2O3/c30-26-17-12-22(20-27(26)31)28(34)32-18-7-19-33(29(35)21-8-3-1-4-9-21)23-13-15-25(16-14-23)36-24-10-5-2-6-11-24/h1-6,8-17,20H,7,18-19H2,(H,32,34). The predicted octanol–water partition coefficient (Wildman–Crippen LogP) is 7.25. The van der Waals surface area contributed by atoms with E-state index in [1.165, 1.54) is 6.07 Å². The van der Waals surface area contributed by atoms with E-state index in [1.807, 2.05) is 72.8 Å². The van der Waals surface area contributed by atoms with Crippen LogP contribution in [0.5, 0.6) is 11.5 Å². The third kappa shape index (κ3) is 6.66. The monoisotopic (exact) mass is 518 g/mol. The van der Waals surface area contributed by atoms with Crippen molar-refractivity contribution in [2.24, 2.45) is 0 Å². The molecule has 4 aromatic rings. The van der Waals surface area contributed by atoms with E-state index in [9.17, 15) is 9.59 Å². The Morgan fingerprint density at radius 3 is 2.03 bits per heavy atom. The molecule has 0 atom stereocenters. The van der Waals surface area contributed by atoms with E-state index in [0.29, 0.717) is 46.4 Å². The van der Waals surface area contributed by atoms with E-state index in [1.54, 1.807) is 29.2 Å². The molecule has 0 radical (unpaired) electrons. The predicted molar refractivity (Wildman–Crippen MR) is 144 cm³/mol. The summed E-state index contributed by atoms with van der Waals surface area (Å²) in [6, 6.07) is 30.7. The van der Waals surface area contributed by atoms with Crippen LogP contribution in [0, 0.1) is 0 Å². The molecule has 0 spiro atoms. The van der Waals surface area contributed by atoms with Gasteiger partial charge in [-0.15, -0.1) is 0 Å². The van der Waals surface area contributed by atoms with Gasteiger partial charge in [0.05, 0.1) is 10.0 Å². The van der Waals surface area contributed by atoms with Gasteiger partial charge in [-0.05, 0) is 73.2 Å². The first-order chi connectivity index (χ1) is 17.5. The van der Waals surface area contributed by atoms with E-state index in [2.05, 4.69) is 5.32 Å². The van der Waals surface area contributed by atoms with Gasteiger partial charge in [-0.1, -0.05) is 59.6 Å². The molecule has 7 heteroatoms. The lowest BCUT2D eigenvalue weighted by Gasteiger charge is -2.23. The normalized spacial score (nSPS) is 10.5. The van der Waals surface area contributed by atoms with Crippen LogP contribution in [0.25, 0.3) is 0 Å². The van der Waals surface area contributed by atoms with Crippen molar-refractivity contribution in [3.05, 3.63) is 124 Å². The lowest BCUT2D eigenvalue weighted by molar-refractivity contribution is 0.0953. The molecule has 4 aromatic carbocycles. The maximum absolute atomic E-state index is 13.3. The third-order valence-electron chi connectivity index (χ3n) is 5.42. The first kappa shape index (κ1) is 25.3. The minimum absolute atomic E-state index is 0.122. The van der Waals surface area contributed by atoms with Crippen molar-refractivity contribution in [1.82, 2.24) is 5.32 Å². The fraction of sp³-hybridized carbons (Fsp3) is 0.103. The highest BCUT2D eigenvalue weighted by molar-refractivity contribution is 6.42. The zero-order valence-electron chi connectivity index (χ0n) is 19.4. The third-order valence-corrected chi connectivity index (χ3v) is 6.16. The number of halogens is 2. The fourth-order valence-corrected chi connectivity index (χ4v) is 3.88. The number of benzene rings is 4. The fourth-order valence-electron chi connectivity index (χ4n) is 3.58. The maximum Gasteiger partial charge on any atom is 0.258 e.